The molecule has 0 rings (SSSR count). The molecule has 0 fully saturated rings. The van der Waals surface area contributed by atoms with Crippen molar-refractivity contribution < 1.29 is 0 Å². The number of thioether (sulfide) groups is 1. The lowest BCUT2D eigenvalue weighted by Gasteiger charge is -1.96. The van der Waals surface area contributed by atoms with Crippen LogP contribution >= 0.6 is 11.8 Å². The first-order valence-corrected chi connectivity index (χ1v) is 5.10. The van der Waals surface area contributed by atoms with E-state index in [0.717, 1.165) is 6.42 Å². The molecule has 0 saturated carbocycles. The van der Waals surface area contributed by atoms with Crippen molar-refractivity contribution in [3.05, 3.63) is 11.5 Å². The molecule has 0 spiro atoms. The van der Waals surface area contributed by atoms with Gasteiger partial charge in [0.15, 0.2) is 0 Å². The molecule has 0 saturated heterocycles. The van der Waals surface area contributed by atoms with E-state index in [4.69, 9.17) is 0 Å². The fraction of sp³-hybridized carbons (Fsp3) is 0.778. The Hall–Kier alpha value is 0.0900. The number of hydrogen-bond donors (Lipinski definition) is 0. The maximum absolute atomic E-state index is 3.87. The third-order valence-electron chi connectivity index (χ3n) is 0.905. The Morgan fingerprint density at radius 1 is 1.30 bits per heavy atom. The van der Waals surface area contributed by atoms with Crippen molar-refractivity contribution in [1.29, 1.82) is 0 Å². The van der Waals surface area contributed by atoms with Gasteiger partial charge in [0.25, 0.3) is 0 Å². The van der Waals surface area contributed by atoms with Crippen LogP contribution in [0, 0.1) is 0 Å². The summed E-state index contributed by atoms with van der Waals surface area (Å²) in [6, 6.07) is 0. The first-order chi connectivity index (χ1) is 4.81. The van der Waals surface area contributed by atoms with E-state index in [2.05, 4.69) is 20.4 Å². The van der Waals surface area contributed by atoms with Gasteiger partial charge in [0.05, 0.1) is 0 Å². The van der Waals surface area contributed by atoms with Crippen molar-refractivity contribution in [2.45, 2.75) is 40.5 Å². The van der Waals surface area contributed by atoms with Gasteiger partial charge in [0, 0.05) is 0 Å². The van der Waals surface area contributed by atoms with Gasteiger partial charge >= 0.3 is 0 Å². The third-order valence-corrected chi connectivity index (χ3v) is 2.21. The Balaban J connectivity index is 0. The molecule has 0 aliphatic heterocycles. The maximum Gasteiger partial charge on any atom is -0.00261 e. The van der Waals surface area contributed by atoms with Crippen LogP contribution in [0.3, 0.4) is 0 Å². The summed E-state index contributed by atoms with van der Waals surface area (Å²) in [7, 11) is 0. The molecule has 0 unspecified atom stereocenters. The Morgan fingerprint density at radius 3 is 2.10 bits per heavy atom. The van der Waals surface area contributed by atoms with E-state index < -0.39 is 0 Å². The molecule has 0 N–H and O–H groups in total. The highest BCUT2D eigenvalue weighted by molar-refractivity contribution is 8.03. The van der Waals surface area contributed by atoms with Crippen LogP contribution in [0.4, 0.5) is 0 Å². The minimum Gasteiger partial charge on any atom is -0.131 e. The van der Waals surface area contributed by atoms with E-state index in [1.54, 1.807) is 0 Å². The minimum absolute atomic E-state index is 1.12. The zero-order chi connectivity index (χ0) is 8.41. The summed E-state index contributed by atoms with van der Waals surface area (Å²) in [4.78, 5) is 1.31. The van der Waals surface area contributed by atoms with E-state index in [1.807, 2.05) is 25.6 Å². The summed E-state index contributed by atoms with van der Waals surface area (Å²) in [6.45, 7) is 12.2. The zero-order valence-electron chi connectivity index (χ0n) is 7.74. The predicted molar refractivity (Wildman–Crippen MR) is 53.5 cm³/mol. The molecule has 0 atom stereocenters. The third kappa shape index (κ3) is 11.0. The molecule has 0 aromatic rings. The Morgan fingerprint density at radius 2 is 1.80 bits per heavy atom. The van der Waals surface area contributed by atoms with E-state index in [-0.39, 0.29) is 0 Å². The van der Waals surface area contributed by atoms with Gasteiger partial charge in [-0.1, -0.05) is 34.3 Å². The molecule has 0 aliphatic rings. The highest BCUT2D eigenvalue weighted by Crippen LogP contribution is 2.16. The predicted octanol–water partition coefficient (Wildman–Crippen LogP) is 4.08. The maximum atomic E-state index is 3.87. The van der Waals surface area contributed by atoms with E-state index in [1.165, 1.54) is 17.1 Å². The van der Waals surface area contributed by atoms with Crippen LogP contribution in [0.25, 0.3) is 0 Å². The van der Waals surface area contributed by atoms with Gasteiger partial charge in [-0.2, -0.15) is 0 Å². The van der Waals surface area contributed by atoms with Crippen LogP contribution in [0.5, 0.6) is 0 Å². The Labute approximate surface area is 70.1 Å². The van der Waals surface area contributed by atoms with Crippen LogP contribution in [0.15, 0.2) is 11.5 Å². The molecule has 0 aromatic heterocycles. The quantitative estimate of drug-likeness (QED) is 0.597. The van der Waals surface area contributed by atoms with Crippen LogP contribution < -0.4 is 0 Å². The van der Waals surface area contributed by atoms with Gasteiger partial charge in [-0.3, -0.25) is 0 Å². The SMILES string of the molecule is C=C(CC)SCCC.CC. The van der Waals surface area contributed by atoms with Crippen LogP contribution in [0.1, 0.15) is 40.5 Å². The van der Waals surface area contributed by atoms with Gasteiger partial charge in [0.1, 0.15) is 0 Å². The molecule has 0 heterocycles. The topological polar surface area (TPSA) is 0 Å². The van der Waals surface area contributed by atoms with Crippen molar-refractivity contribution in [1.82, 2.24) is 0 Å². The normalized spacial score (nSPS) is 8.00. The number of hydrogen-bond acceptors (Lipinski definition) is 1. The molecule has 0 aromatic carbocycles. The van der Waals surface area contributed by atoms with Crippen LogP contribution in [-0.2, 0) is 0 Å². The molecule has 1 heteroatoms. The highest BCUT2D eigenvalue weighted by atomic mass is 32.2. The Kier molecular flexibility index (Phi) is 15.1. The van der Waals surface area contributed by atoms with Crippen molar-refractivity contribution >= 4 is 11.8 Å². The van der Waals surface area contributed by atoms with E-state index in [0.29, 0.717) is 0 Å². The van der Waals surface area contributed by atoms with E-state index >= 15 is 0 Å². The summed E-state index contributed by atoms with van der Waals surface area (Å²) in [5, 5.41) is 0. The van der Waals surface area contributed by atoms with Gasteiger partial charge in [-0.05, 0) is 23.5 Å². The molecule has 62 valence electrons. The standard InChI is InChI=1S/C7H14S.C2H6/c1-4-6-8-7(3)5-2;1-2/h3-6H2,1-2H3;1-2H3. The second-order valence-corrected chi connectivity index (χ2v) is 3.01. The van der Waals surface area contributed by atoms with E-state index in [9.17, 15) is 0 Å². The fourth-order valence-electron chi connectivity index (χ4n) is 0.348. The largest absolute Gasteiger partial charge is 0.131 e. The van der Waals surface area contributed by atoms with Crippen molar-refractivity contribution in [2.24, 2.45) is 0 Å². The number of rotatable bonds is 4. The van der Waals surface area contributed by atoms with Crippen LogP contribution in [-0.4, -0.2) is 5.75 Å². The van der Waals surface area contributed by atoms with Crippen LogP contribution in [0.2, 0.25) is 0 Å². The average molecular weight is 160 g/mol. The molecular formula is C9H20S. The fourth-order valence-corrected chi connectivity index (χ4v) is 1.05. The minimum atomic E-state index is 1.12. The molecule has 0 bridgehead atoms. The first kappa shape index (κ1) is 12.7. The summed E-state index contributed by atoms with van der Waals surface area (Å²) in [5.74, 6) is 1.23. The molecule has 10 heavy (non-hydrogen) atoms. The molecular weight excluding hydrogens is 140 g/mol. The van der Waals surface area contributed by atoms with Crippen molar-refractivity contribution in [2.75, 3.05) is 5.75 Å². The van der Waals surface area contributed by atoms with Crippen molar-refractivity contribution in [3.8, 4) is 0 Å². The second kappa shape index (κ2) is 11.8. The lowest BCUT2D eigenvalue weighted by atomic mass is 10.5. The molecule has 0 amide bonds. The molecule has 0 nitrogen and oxygen atoms in total. The van der Waals surface area contributed by atoms with Gasteiger partial charge in [-0.15, -0.1) is 11.8 Å². The first-order valence-electron chi connectivity index (χ1n) is 4.11. The average Bonchev–Trinajstić information content (AvgIpc) is 2.04. The summed E-state index contributed by atoms with van der Waals surface area (Å²) >= 11 is 1.88. The lowest BCUT2D eigenvalue weighted by molar-refractivity contribution is 1.10. The summed E-state index contributed by atoms with van der Waals surface area (Å²) in [5.41, 5.74) is 0. The summed E-state index contributed by atoms with van der Waals surface area (Å²) in [6.07, 6.45) is 2.37. The summed E-state index contributed by atoms with van der Waals surface area (Å²) < 4.78 is 0. The molecule has 0 aliphatic carbocycles. The van der Waals surface area contributed by atoms with Gasteiger partial charge in [0.2, 0.25) is 0 Å². The number of allylic oxidation sites excluding steroid dienone is 1. The Bertz CT molecular complexity index is 67.1. The smallest absolute Gasteiger partial charge is 0.00261 e. The van der Waals surface area contributed by atoms with Crippen molar-refractivity contribution in [3.63, 3.8) is 0 Å². The second-order valence-electron chi connectivity index (χ2n) is 1.74. The molecule has 0 radical (unpaired) electrons. The lowest BCUT2D eigenvalue weighted by Crippen LogP contribution is -1.74. The monoisotopic (exact) mass is 160 g/mol. The highest BCUT2D eigenvalue weighted by Gasteiger charge is 1.86. The van der Waals surface area contributed by atoms with Gasteiger partial charge < -0.3 is 0 Å². The van der Waals surface area contributed by atoms with Gasteiger partial charge in [-0.25, -0.2) is 0 Å². The zero-order valence-corrected chi connectivity index (χ0v) is 8.55.